The van der Waals surface area contributed by atoms with Gasteiger partial charge in [-0.15, -0.1) is 0 Å². The normalized spacial score (nSPS) is 13.6. The maximum absolute atomic E-state index is 12.5. The van der Waals surface area contributed by atoms with E-state index in [1.807, 2.05) is 43.3 Å². The van der Waals surface area contributed by atoms with Gasteiger partial charge in [0.1, 0.15) is 5.75 Å². The van der Waals surface area contributed by atoms with E-state index in [1.54, 1.807) is 14.2 Å². The van der Waals surface area contributed by atoms with Crippen molar-refractivity contribution in [3.05, 3.63) is 47.5 Å². The SMILES string of the molecule is CCOc1ccccc1NC(=O)CN1CCc2cc(OC)c(OC)cc2C1. The predicted octanol–water partition coefficient (Wildman–Crippen LogP) is 3.10. The van der Waals surface area contributed by atoms with Gasteiger partial charge in [0.2, 0.25) is 5.91 Å². The number of carbonyl (C=O) groups excluding carboxylic acids is 1. The van der Waals surface area contributed by atoms with Gasteiger partial charge in [-0.3, -0.25) is 9.69 Å². The van der Waals surface area contributed by atoms with Gasteiger partial charge in [0.25, 0.3) is 0 Å². The van der Waals surface area contributed by atoms with Crippen LogP contribution in [0.5, 0.6) is 17.2 Å². The Morgan fingerprint density at radius 1 is 1.07 bits per heavy atom. The van der Waals surface area contributed by atoms with Crippen molar-refractivity contribution in [1.82, 2.24) is 4.90 Å². The molecule has 0 atom stereocenters. The minimum atomic E-state index is -0.0499. The number of anilines is 1. The Bertz CT molecular complexity index is 807. The maximum Gasteiger partial charge on any atom is 0.238 e. The largest absolute Gasteiger partial charge is 0.493 e. The fourth-order valence-corrected chi connectivity index (χ4v) is 3.32. The van der Waals surface area contributed by atoms with Crippen LogP contribution in [0.4, 0.5) is 5.69 Å². The zero-order valence-electron chi connectivity index (χ0n) is 16.1. The second kappa shape index (κ2) is 8.77. The molecule has 1 amide bonds. The van der Waals surface area contributed by atoms with Crippen molar-refractivity contribution in [1.29, 1.82) is 0 Å². The van der Waals surface area contributed by atoms with Gasteiger partial charge >= 0.3 is 0 Å². The molecule has 2 aromatic rings. The van der Waals surface area contributed by atoms with E-state index in [2.05, 4.69) is 10.2 Å². The highest BCUT2D eigenvalue weighted by Gasteiger charge is 2.21. The lowest BCUT2D eigenvalue weighted by Crippen LogP contribution is -2.37. The summed E-state index contributed by atoms with van der Waals surface area (Å²) in [6.45, 7) is 4.33. The lowest BCUT2D eigenvalue weighted by atomic mass is 9.99. The summed E-state index contributed by atoms with van der Waals surface area (Å²) in [5, 5.41) is 2.96. The number of fused-ring (bicyclic) bond motifs is 1. The number of ether oxygens (including phenoxy) is 3. The Hall–Kier alpha value is -2.73. The molecule has 0 aliphatic carbocycles. The van der Waals surface area contributed by atoms with Crippen molar-refractivity contribution in [2.75, 3.05) is 39.2 Å². The molecule has 0 bridgehead atoms. The molecule has 0 unspecified atom stereocenters. The van der Waals surface area contributed by atoms with Gasteiger partial charge in [-0.05, 0) is 48.7 Å². The highest BCUT2D eigenvalue weighted by molar-refractivity contribution is 5.93. The van der Waals surface area contributed by atoms with Crippen LogP contribution in [0.15, 0.2) is 36.4 Å². The molecular formula is C21H26N2O4. The van der Waals surface area contributed by atoms with Crippen molar-refractivity contribution < 1.29 is 19.0 Å². The molecule has 0 fully saturated rings. The maximum atomic E-state index is 12.5. The van der Waals surface area contributed by atoms with Gasteiger partial charge in [-0.1, -0.05) is 12.1 Å². The molecule has 6 nitrogen and oxygen atoms in total. The first-order chi connectivity index (χ1) is 13.1. The summed E-state index contributed by atoms with van der Waals surface area (Å²) in [6, 6.07) is 11.5. The number of para-hydroxylation sites is 2. The van der Waals surface area contributed by atoms with Crippen LogP contribution in [-0.4, -0.2) is 44.7 Å². The third-order valence-corrected chi connectivity index (χ3v) is 4.63. The number of amides is 1. The second-order valence-electron chi connectivity index (χ2n) is 6.41. The molecule has 1 aliphatic heterocycles. The lowest BCUT2D eigenvalue weighted by Gasteiger charge is -2.29. The number of hydrogen-bond donors (Lipinski definition) is 1. The monoisotopic (exact) mass is 370 g/mol. The average Bonchev–Trinajstić information content (AvgIpc) is 2.68. The molecule has 0 radical (unpaired) electrons. The summed E-state index contributed by atoms with van der Waals surface area (Å²) in [5.41, 5.74) is 3.11. The molecular weight excluding hydrogens is 344 g/mol. The number of rotatable bonds is 7. The summed E-state index contributed by atoms with van der Waals surface area (Å²) in [6.07, 6.45) is 0.874. The zero-order chi connectivity index (χ0) is 19.2. The van der Waals surface area contributed by atoms with Crippen molar-refractivity contribution in [3.63, 3.8) is 0 Å². The summed E-state index contributed by atoms with van der Waals surface area (Å²) >= 11 is 0. The van der Waals surface area contributed by atoms with E-state index >= 15 is 0 Å². The third-order valence-electron chi connectivity index (χ3n) is 4.63. The molecule has 144 valence electrons. The number of hydrogen-bond acceptors (Lipinski definition) is 5. The van der Waals surface area contributed by atoms with E-state index in [4.69, 9.17) is 14.2 Å². The molecule has 0 saturated heterocycles. The Morgan fingerprint density at radius 2 is 1.78 bits per heavy atom. The quantitative estimate of drug-likeness (QED) is 0.812. The number of carbonyl (C=O) groups is 1. The van der Waals surface area contributed by atoms with Crippen molar-refractivity contribution in [2.45, 2.75) is 19.9 Å². The molecule has 0 aromatic heterocycles. The van der Waals surface area contributed by atoms with E-state index in [-0.39, 0.29) is 5.91 Å². The fraction of sp³-hybridized carbons (Fsp3) is 0.381. The number of methoxy groups -OCH3 is 2. The number of nitrogens with zero attached hydrogens (tertiary/aromatic N) is 1. The Labute approximate surface area is 160 Å². The summed E-state index contributed by atoms with van der Waals surface area (Å²) in [5.74, 6) is 2.10. The van der Waals surface area contributed by atoms with Crippen molar-refractivity contribution >= 4 is 11.6 Å². The number of nitrogens with one attached hydrogen (secondary N) is 1. The second-order valence-corrected chi connectivity index (χ2v) is 6.41. The molecule has 3 rings (SSSR count). The van der Waals surface area contributed by atoms with Crippen LogP contribution < -0.4 is 19.5 Å². The van der Waals surface area contributed by atoms with Crippen molar-refractivity contribution in [2.24, 2.45) is 0 Å². The van der Waals surface area contributed by atoms with E-state index in [9.17, 15) is 4.79 Å². The first-order valence-electron chi connectivity index (χ1n) is 9.12. The topological polar surface area (TPSA) is 60.0 Å². The first kappa shape index (κ1) is 19.0. The lowest BCUT2D eigenvalue weighted by molar-refractivity contribution is -0.117. The van der Waals surface area contributed by atoms with Gasteiger partial charge in [0.15, 0.2) is 11.5 Å². The van der Waals surface area contributed by atoms with E-state index in [0.29, 0.717) is 36.9 Å². The van der Waals surface area contributed by atoms with Crippen LogP contribution in [-0.2, 0) is 17.8 Å². The average molecular weight is 370 g/mol. The molecule has 27 heavy (non-hydrogen) atoms. The van der Waals surface area contributed by atoms with Crippen LogP contribution in [0.25, 0.3) is 0 Å². The highest BCUT2D eigenvalue weighted by atomic mass is 16.5. The van der Waals surface area contributed by atoms with Crippen LogP contribution in [0.3, 0.4) is 0 Å². The molecule has 1 aliphatic rings. The summed E-state index contributed by atoms with van der Waals surface area (Å²) in [4.78, 5) is 14.7. The Morgan fingerprint density at radius 3 is 2.48 bits per heavy atom. The minimum absolute atomic E-state index is 0.0499. The van der Waals surface area contributed by atoms with Crippen molar-refractivity contribution in [3.8, 4) is 17.2 Å². The Balaban J connectivity index is 1.65. The molecule has 1 N–H and O–H groups in total. The molecule has 6 heteroatoms. The number of benzene rings is 2. The Kier molecular flexibility index (Phi) is 6.19. The molecule has 0 spiro atoms. The van der Waals surface area contributed by atoms with Gasteiger partial charge in [0.05, 0.1) is 33.1 Å². The minimum Gasteiger partial charge on any atom is -0.493 e. The van der Waals surface area contributed by atoms with Crippen LogP contribution in [0, 0.1) is 0 Å². The first-order valence-corrected chi connectivity index (χ1v) is 9.12. The van der Waals surface area contributed by atoms with Gasteiger partial charge in [-0.2, -0.15) is 0 Å². The van der Waals surface area contributed by atoms with E-state index < -0.39 is 0 Å². The van der Waals surface area contributed by atoms with E-state index in [1.165, 1.54) is 11.1 Å². The van der Waals surface area contributed by atoms with Gasteiger partial charge in [-0.25, -0.2) is 0 Å². The smallest absolute Gasteiger partial charge is 0.238 e. The van der Waals surface area contributed by atoms with E-state index in [0.717, 1.165) is 18.7 Å². The van der Waals surface area contributed by atoms with Gasteiger partial charge in [0, 0.05) is 13.1 Å². The van der Waals surface area contributed by atoms with Crippen LogP contribution in [0.2, 0.25) is 0 Å². The summed E-state index contributed by atoms with van der Waals surface area (Å²) in [7, 11) is 3.28. The van der Waals surface area contributed by atoms with Gasteiger partial charge < -0.3 is 19.5 Å². The highest BCUT2D eigenvalue weighted by Crippen LogP contribution is 2.33. The predicted molar refractivity (Wildman–Crippen MR) is 105 cm³/mol. The van der Waals surface area contributed by atoms with Crippen LogP contribution in [0.1, 0.15) is 18.1 Å². The molecule has 2 aromatic carbocycles. The fourth-order valence-electron chi connectivity index (χ4n) is 3.32. The molecule has 0 saturated carbocycles. The molecule has 1 heterocycles. The summed E-state index contributed by atoms with van der Waals surface area (Å²) < 4.78 is 16.3. The third kappa shape index (κ3) is 4.52. The zero-order valence-corrected chi connectivity index (χ0v) is 16.1. The van der Waals surface area contributed by atoms with Crippen LogP contribution >= 0.6 is 0 Å². The standard InChI is InChI=1S/C21H26N2O4/c1-4-27-18-8-6-5-7-17(18)22-21(24)14-23-10-9-15-11-19(25-2)20(26-3)12-16(15)13-23/h5-8,11-12H,4,9-10,13-14H2,1-3H3,(H,22,24).